The molecule has 1 heterocycles. The van der Waals surface area contributed by atoms with Crippen molar-refractivity contribution in [2.45, 2.75) is 31.7 Å². The normalized spacial score (nSPS) is 18.6. The van der Waals surface area contributed by atoms with Crippen molar-refractivity contribution in [2.24, 2.45) is 0 Å². The lowest BCUT2D eigenvalue weighted by molar-refractivity contribution is 0.461. The van der Waals surface area contributed by atoms with Gasteiger partial charge in [-0.1, -0.05) is 24.3 Å². The molecule has 2 nitrogen and oxygen atoms in total. The van der Waals surface area contributed by atoms with Crippen LogP contribution in [0.2, 0.25) is 0 Å². The third kappa shape index (κ3) is 2.79. The first kappa shape index (κ1) is 11.9. The van der Waals surface area contributed by atoms with Crippen molar-refractivity contribution in [3.05, 3.63) is 52.0 Å². The van der Waals surface area contributed by atoms with E-state index in [-0.39, 0.29) is 0 Å². The van der Waals surface area contributed by atoms with Crippen LogP contribution in [-0.2, 0) is 19.3 Å². The summed E-state index contributed by atoms with van der Waals surface area (Å²) in [5.41, 5.74) is 3.06. The van der Waals surface area contributed by atoms with Crippen LogP contribution in [0, 0.1) is 0 Å². The van der Waals surface area contributed by atoms with Crippen LogP contribution < -0.4 is 5.32 Å². The van der Waals surface area contributed by atoms with E-state index in [1.54, 1.807) is 11.3 Å². The fraction of sp³-hybridized carbons (Fsp3) is 0.400. The predicted octanol–water partition coefficient (Wildman–Crippen LogP) is 2.83. The van der Waals surface area contributed by atoms with Crippen LogP contribution in [0.3, 0.4) is 0 Å². The molecule has 0 bridgehead atoms. The maximum atomic E-state index is 4.31. The molecule has 1 N–H and O–H groups in total. The Kier molecular flexibility index (Phi) is 3.72. The second kappa shape index (κ2) is 5.63. The van der Waals surface area contributed by atoms with Gasteiger partial charge in [0.05, 0.1) is 5.01 Å². The average molecular weight is 258 g/mol. The Morgan fingerprint density at radius 3 is 3.00 bits per heavy atom. The van der Waals surface area contributed by atoms with E-state index in [1.807, 2.05) is 11.6 Å². The quantitative estimate of drug-likeness (QED) is 0.912. The Morgan fingerprint density at radius 1 is 1.28 bits per heavy atom. The first-order valence-electron chi connectivity index (χ1n) is 6.60. The number of hydrogen-bond donors (Lipinski definition) is 1. The molecule has 1 aliphatic carbocycles. The summed E-state index contributed by atoms with van der Waals surface area (Å²) < 4.78 is 0. The zero-order chi connectivity index (χ0) is 12.2. The Labute approximate surface area is 112 Å². The number of thiazole rings is 1. The van der Waals surface area contributed by atoms with Gasteiger partial charge in [0.2, 0.25) is 0 Å². The minimum Gasteiger partial charge on any atom is -0.313 e. The molecule has 18 heavy (non-hydrogen) atoms. The van der Waals surface area contributed by atoms with E-state index in [1.165, 1.54) is 35.4 Å². The number of benzene rings is 1. The molecule has 0 radical (unpaired) electrons. The van der Waals surface area contributed by atoms with Crippen LogP contribution in [-0.4, -0.2) is 17.6 Å². The highest BCUT2D eigenvalue weighted by molar-refractivity contribution is 7.09. The summed E-state index contributed by atoms with van der Waals surface area (Å²) >= 11 is 1.75. The van der Waals surface area contributed by atoms with Gasteiger partial charge in [-0.3, -0.25) is 0 Å². The van der Waals surface area contributed by atoms with Crippen molar-refractivity contribution < 1.29 is 0 Å². The third-order valence-corrected chi connectivity index (χ3v) is 4.44. The van der Waals surface area contributed by atoms with Gasteiger partial charge in [-0.25, -0.2) is 4.98 Å². The molecule has 1 aromatic heterocycles. The molecule has 1 atom stereocenters. The van der Waals surface area contributed by atoms with Crippen LogP contribution >= 0.6 is 11.3 Å². The lowest BCUT2D eigenvalue weighted by Gasteiger charge is -2.25. The highest BCUT2D eigenvalue weighted by Gasteiger charge is 2.17. The highest BCUT2D eigenvalue weighted by atomic mass is 32.1. The van der Waals surface area contributed by atoms with E-state index < -0.39 is 0 Å². The lowest BCUT2D eigenvalue weighted by Crippen LogP contribution is -2.35. The van der Waals surface area contributed by atoms with Crippen molar-refractivity contribution in [1.82, 2.24) is 10.3 Å². The zero-order valence-electron chi connectivity index (χ0n) is 10.4. The number of nitrogens with one attached hydrogen (secondary N) is 1. The van der Waals surface area contributed by atoms with Crippen molar-refractivity contribution in [1.29, 1.82) is 0 Å². The summed E-state index contributed by atoms with van der Waals surface area (Å²) in [6.07, 6.45) is 6.58. The van der Waals surface area contributed by atoms with Crippen LogP contribution in [0.25, 0.3) is 0 Å². The Hall–Kier alpha value is -1.19. The summed E-state index contributed by atoms with van der Waals surface area (Å²) in [4.78, 5) is 4.31. The summed E-state index contributed by atoms with van der Waals surface area (Å²) in [7, 11) is 0. The molecule has 0 fully saturated rings. The van der Waals surface area contributed by atoms with Crippen molar-refractivity contribution in [2.75, 3.05) is 6.54 Å². The fourth-order valence-electron chi connectivity index (χ4n) is 2.63. The average Bonchev–Trinajstić information content (AvgIpc) is 2.92. The molecule has 2 aromatic rings. The van der Waals surface area contributed by atoms with Gasteiger partial charge in [-0.05, 0) is 30.4 Å². The van der Waals surface area contributed by atoms with Crippen LogP contribution in [0.15, 0.2) is 35.8 Å². The SMILES string of the molecule is c1ccc2c(c1)CCC(NCCc1nccs1)C2. The molecule has 1 aromatic carbocycles. The second-order valence-corrected chi connectivity index (χ2v) is 5.82. The van der Waals surface area contributed by atoms with Gasteiger partial charge in [0.1, 0.15) is 0 Å². The maximum Gasteiger partial charge on any atom is 0.0937 e. The van der Waals surface area contributed by atoms with Crippen molar-refractivity contribution >= 4 is 11.3 Å². The minimum absolute atomic E-state index is 0.639. The molecule has 0 amide bonds. The second-order valence-electron chi connectivity index (χ2n) is 4.84. The smallest absolute Gasteiger partial charge is 0.0937 e. The van der Waals surface area contributed by atoms with E-state index in [0.29, 0.717) is 6.04 Å². The Bertz CT molecular complexity index is 493. The van der Waals surface area contributed by atoms with Crippen molar-refractivity contribution in [3.63, 3.8) is 0 Å². The summed E-state index contributed by atoms with van der Waals surface area (Å²) in [6, 6.07) is 9.47. The number of rotatable bonds is 4. The molecule has 1 aliphatic rings. The van der Waals surface area contributed by atoms with Gasteiger partial charge in [0, 0.05) is 30.6 Å². The number of aromatic nitrogens is 1. The molecule has 94 valence electrons. The van der Waals surface area contributed by atoms with Crippen LogP contribution in [0.1, 0.15) is 22.6 Å². The number of nitrogens with zero attached hydrogens (tertiary/aromatic N) is 1. The highest BCUT2D eigenvalue weighted by Crippen LogP contribution is 2.20. The van der Waals surface area contributed by atoms with Gasteiger partial charge in [0.25, 0.3) is 0 Å². The standard InChI is InChI=1S/C15H18N2S/c1-2-4-13-11-14(6-5-12(13)3-1)16-8-7-15-17-9-10-18-15/h1-4,9-10,14,16H,5-8,11H2. The van der Waals surface area contributed by atoms with Crippen molar-refractivity contribution in [3.8, 4) is 0 Å². The molecular formula is C15H18N2S. The minimum atomic E-state index is 0.639. The van der Waals surface area contributed by atoms with Gasteiger partial charge in [0.15, 0.2) is 0 Å². The zero-order valence-corrected chi connectivity index (χ0v) is 11.2. The molecule has 0 saturated heterocycles. The lowest BCUT2D eigenvalue weighted by atomic mass is 9.88. The summed E-state index contributed by atoms with van der Waals surface area (Å²) in [5.74, 6) is 0. The number of fused-ring (bicyclic) bond motifs is 1. The van der Waals surface area contributed by atoms with E-state index in [9.17, 15) is 0 Å². The fourth-order valence-corrected chi connectivity index (χ4v) is 3.25. The first-order valence-corrected chi connectivity index (χ1v) is 7.48. The third-order valence-electron chi connectivity index (χ3n) is 3.60. The molecule has 3 rings (SSSR count). The van der Waals surface area contributed by atoms with Gasteiger partial charge < -0.3 is 5.32 Å². The monoisotopic (exact) mass is 258 g/mol. The van der Waals surface area contributed by atoms with E-state index in [0.717, 1.165) is 13.0 Å². The molecular weight excluding hydrogens is 240 g/mol. The topological polar surface area (TPSA) is 24.9 Å². The van der Waals surface area contributed by atoms with Crippen LogP contribution in [0.4, 0.5) is 0 Å². The van der Waals surface area contributed by atoms with E-state index >= 15 is 0 Å². The molecule has 0 aliphatic heterocycles. The Balaban J connectivity index is 1.51. The molecule has 0 saturated carbocycles. The van der Waals surface area contributed by atoms with Gasteiger partial charge in [-0.2, -0.15) is 0 Å². The maximum absolute atomic E-state index is 4.31. The number of aryl methyl sites for hydroxylation is 1. The largest absolute Gasteiger partial charge is 0.313 e. The predicted molar refractivity (Wildman–Crippen MR) is 76.1 cm³/mol. The molecule has 3 heteroatoms. The molecule has 0 spiro atoms. The number of hydrogen-bond acceptors (Lipinski definition) is 3. The van der Waals surface area contributed by atoms with Gasteiger partial charge >= 0.3 is 0 Å². The summed E-state index contributed by atoms with van der Waals surface area (Å²) in [5, 5.41) is 6.95. The van der Waals surface area contributed by atoms with Crippen LogP contribution in [0.5, 0.6) is 0 Å². The van der Waals surface area contributed by atoms with E-state index in [4.69, 9.17) is 0 Å². The van der Waals surface area contributed by atoms with E-state index in [2.05, 4.69) is 34.6 Å². The Morgan fingerprint density at radius 2 is 2.17 bits per heavy atom. The first-order chi connectivity index (χ1) is 8.92. The summed E-state index contributed by atoms with van der Waals surface area (Å²) in [6.45, 7) is 1.04. The van der Waals surface area contributed by atoms with Gasteiger partial charge in [-0.15, -0.1) is 11.3 Å². The molecule has 1 unspecified atom stereocenters.